The molecule has 2 nitrogen and oxygen atoms in total. The van der Waals surface area contributed by atoms with Gasteiger partial charge in [0.05, 0.1) is 11.6 Å². The second-order valence-electron chi connectivity index (χ2n) is 5.55. The Kier molecular flexibility index (Phi) is 5.36. The Labute approximate surface area is 112 Å². The number of aryl methyl sites for hydroxylation is 2. The van der Waals surface area contributed by atoms with Crippen LogP contribution in [-0.2, 0) is 4.74 Å². The van der Waals surface area contributed by atoms with Gasteiger partial charge in [-0.1, -0.05) is 30.7 Å². The number of hydrogen-bond donors (Lipinski definition) is 1. The van der Waals surface area contributed by atoms with Gasteiger partial charge in [0.1, 0.15) is 0 Å². The monoisotopic (exact) mass is 249 g/mol. The molecule has 102 valence electrons. The number of nitrogens with one attached hydrogen (secondary N) is 1. The molecule has 0 spiro atoms. The second-order valence-corrected chi connectivity index (χ2v) is 5.55. The third-order valence-corrected chi connectivity index (χ3v) is 3.56. The molecule has 0 fully saturated rings. The average molecular weight is 249 g/mol. The van der Waals surface area contributed by atoms with Crippen molar-refractivity contribution in [1.82, 2.24) is 5.32 Å². The van der Waals surface area contributed by atoms with E-state index in [9.17, 15) is 0 Å². The van der Waals surface area contributed by atoms with E-state index in [1.165, 1.54) is 16.7 Å². The Morgan fingerprint density at radius 3 is 2.44 bits per heavy atom. The minimum Gasteiger partial charge on any atom is -0.377 e. The topological polar surface area (TPSA) is 21.3 Å². The maximum Gasteiger partial charge on any atom is 0.0816 e. The lowest BCUT2D eigenvalue weighted by molar-refractivity contribution is -0.0112. The maximum absolute atomic E-state index is 5.67. The van der Waals surface area contributed by atoms with Crippen molar-refractivity contribution in [3.63, 3.8) is 0 Å². The summed E-state index contributed by atoms with van der Waals surface area (Å²) < 4.78 is 5.67. The summed E-state index contributed by atoms with van der Waals surface area (Å²) in [6, 6.07) is 6.86. The van der Waals surface area contributed by atoms with Crippen molar-refractivity contribution in [2.45, 2.75) is 52.7 Å². The quantitative estimate of drug-likeness (QED) is 0.828. The summed E-state index contributed by atoms with van der Waals surface area (Å²) in [5, 5.41) is 3.61. The van der Waals surface area contributed by atoms with E-state index in [1.54, 1.807) is 7.11 Å². The molecule has 0 aromatic heterocycles. The highest BCUT2D eigenvalue weighted by atomic mass is 16.5. The molecule has 1 atom stereocenters. The van der Waals surface area contributed by atoms with Gasteiger partial charge in [0.2, 0.25) is 0 Å². The molecule has 2 heteroatoms. The lowest BCUT2D eigenvalue weighted by Gasteiger charge is -2.35. The van der Waals surface area contributed by atoms with Crippen LogP contribution in [-0.4, -0.2) is 19.3 Å². The van der Waals surface area contributed by atoms with Crippen LogP contribution >= 0.6 is 0 Å². The largest absolute Gasteiger partial charge is 0.377 e. The number of benzene rings is 1. The molecule has 0 heterocycles. The Morgan fingerprint density at radius 1 is 1.28 bits per heavy atom. The fourth-order valence-corrected chi connectivity index (χ4v) is 2.29. The zero-order valence-corrected chi connectivity index (χ0v) is 12.6. The van der Waals surface area contributed by atoms with Crippen LogP contribution in [0.2, 0.25) is 0 Å². The molecule has 0 amide bonds. The van der Waals surface area contributed by atoms with Gasteiger partial charge in [-0.3, -0.25) is 0 Å². The van der Waals surface area contributed by atoms with Crippen molar-refractivity contribution < 1.29 is 4.74 Å². The molecule has 18 heavy (non-hydrogen) atoms. The van der Waals surface area contributed by atoms with Crippen LogP contribution in [0.25, 0.3) is 0 Å². The van der Waals surface area contributed by atoms with E-state index in [0.717, 1.165) is 13.0 Å². The summed E-state index contributed by atoms with van der Waals surface area (Å²) in [6.07, 6.45) is 1.13. The van der Waals surface area contributed by atoms with E-state index in [1.807, 2.05) is 0 Å². The standard InChI is InChI=1S/C16H27NO/c1-7-10-17-15(16(4,5)18-6)14-9-8-12(2)11-13(14)3/h8-9,11,15,17H,7,10H2,1-6H3. The van der Waals surface area contributed by atoms with E-state index < -0.39 is 0 Å². The zero-order chi connectivity index (χ0) is 13.8. The first-order chi connectivity index (χ1) is 8.42. The van der Waals surface area contributed by atoms with Crippen LogP contribution < -0.4 is 5.32 Å². The SMILES string of the molecule is CCCNC(c1ccc(C)cc1C)C(C)(C)OC. The molecule has 0 saturated carbocycles. The minimum atomic E-state index is -0.213. The number of methoxy groups -OCH3 is 1. The van der Waals surface area contributed by atoms with Gasteiger partial charge in [0.25, 0.3) is 0 Å². The maximum atomic E-state index is 5.67. The lowest BCUT2D eigenvalue weighted by atomic mass is 9.88. The zero-order valence-electron chi connectivity index (χ0n) is 12.6. The molecule has 1 aromatic carbocycles. The predicted octanol–water partition coefficient (Wildman–Crippen LogP) is 3.77. The fraction of sp³-hybridized carbons (Fsp3) is 0.625. The highest BCUT2D eigenvalue weighted by Gasteiger charge is 2.31. The van der Waals surface area contributed by atoms with Crippen molar-refractivity contribution in [3.8, 4) is 0 Å². The molecule has 1 unspecified atom stereocenters. The Morgan fingerprint density at radius 2 is 1.94 bits per heavy atom. The molecule has 1 rings (SSSR count). The first-order valence-electron chi connectivity index (χ1n) is 6.78. The van der Waals surface area contributed by atoms with Gasteiger partial charge in [-0.2, -0.15) is 0 Å². The van der Waals surface area contributed by atoms with Crippen LogP contribution in [0.1, 0.15) is 49.9 Å². The number of hydrogen-bond acceptors (Lipinski definition) is 2. The highest BCUT2D eigenvalue weighted by Crippen LogP contribution is 2.30. The predicted molar refractivity (Wildman–Crippen MR) is 78.0 cm³/mol. The smallest absolute Gasteiger partial charge is 0.0816 e. The van der Waals surface area contributed by atoms with E-state index in [2.05, 4.69) is 58.1 Å². The van der Waals surface area contributed by atoms with E-state index >= 15 is 0 Å². The van der Waals surface area contributed by atoms with Gasteiger partial charge in [-0.15, -0.1) is 0 Å². The van der Waals surface area contributed by atoms with Crippen LogP contribution in [0, 0.1) is 13.8 Å². The molecule has 0 radical (unpaired) electrons. The van der Waals surface area contributed by atoms with E-state index in [0.29, 0.717) is 0 Å². The Hall–Kier alpha value is -0.860. The van der Waals surface area contributed by atoms with Crippen LogP contribution in [0.3, 0.4) is 0 Å². The summed E-state index contributed by atoms with van der Waals surface area (Å²) in [4.78, 5) is 0. The molecule has 1 aromatic rings. The van der Waals surface area contributed by atoms with Crippen molar-refractivity contribution in [2.24, 2.45) is 0 Å². The summed E-state index contributed by atoms with van der Waals surface area (Å²) in [6.45, 7) is 11.8. The van der Waals surface area contributed by atoms with Gasteiger partial charge in [0.15, 0.2) is 0 Å². The summed E-state index contributed by atoms with van der Waals surface area (Å²) in [7, 11) is 1.78. The number of ether oxygens (including phenoxy) is 1. The molecule has 0 aliphatic carbocycles. The Bertz CT molecular complexity index is 385. The normalized spacial score (nSPS) is 13.7. The molecule has 0 aliphatic heterocycles. The van der Waals surface area contributed by atoms with Gasteiger partial charge in [-0.25, -0.2) is 0 Å². The molecule has 0 bridgehead atoms. The van der Waals surface area contributed by atoms with E-state index in [4.69, 9.17) is 4.74 Å². The second kappa shape index (κ2) is 6.35. The summed E-state index contributed by atoms with van der Waals surface area (Å²) in [5.74, 6) is 0. The van der Waals surface area contributed by atoms with Crippen LogP contribution in [0.15, 0.2) is 18.2 Å². The van der Waals surface area contributed by atoms with Crippen molar-refractivity contribution in [3.05, 3.63) is 34.9 Å². The van der Waals surface area contributed by atoms with Gasteiger partial charge < -0.3 is 10.1 Å². The fourth-order valence-electron chi connectivity index (χ4n) is 2.29. The number of rotatable bonds is 6. The van der Waals surface area contributed by atoms with Gasteiger partial charge >= 0.3 is 0 Å². The average Bonchev–Trinajstić information content (AvgIpc) is 2.31. The first kappa shape index (κ1) is 15.2. The van der Waals surface area contributed by atoms with Gasteiger partial charge in [-0.05, 0) is 51.8 Å². The third-order valence-electron chi connectivity index (χ3n) is 3.56. The molecule has 1 N–H and O–H groups in total. The first-order valence-corrected chi connectivity index (χ1v) is 6.78. The van der Waals surface area contributed by atoms with Crippen molar-refractivity contribution >= 4 is 0 Å². The molecule has 0 saturated heterocycles. The Balaban J connectivity index is 3.09. The summed E-state index contributed by atoms with van der Waals surface area (Å²) >= 11 is 0. The summed E-state index contributed by atoms with van der Waals surface area (Å²) in [5.41, 5.74) is 3.75. The van der Waals surface area contributed by atoms with Crippen LogP contribution in [0.5, 0.6) is 0 Å². The van der Waals surface area contributed by atoms with Gasteiger partial charge in [0, 0.05) is 7.11 Å². The molecular formula is C16H27NO. The highest BCUT2D eigenvalue weighted by molar-refractivity contribution is 5.34. The van der Waals surface area contributed by atoms with Crippen molar-refractivity contribution in [1.29, 1.82) is 0 Å². The minimum absolute atomic E-state index is 0.213. The van der Waals surface area contributed by atoms with Crippen molar-refractivity contribution in [2.75, 3.05) is 13.7 Å². The third kappa shape index (κ3) is 3.56. The van der Waals surface area contributed by atoms with E-state index in [-0.39, 0.29) is 11.6 Å². The lowest BCUT2D eigenvalue weighted by Crippen LogP contribution is -2.41. The van der Waals surface area contributed by atoms with Crippen LogP contribution in [0.4, 0.5) is 0 Å². The molecular weight excluding hydrogens is 222 g/mol. The molecule has 0 aliphatic rings.